The molecule has 1 unspecified atom stereocenters. The van der Waals surface area contributed by atoms with Crippen LogP contribution in [0.4, 0.5) is 0 Å². The van der Waals surface area contributed by atoms with Crippen LogP contribution in [0.25, 0.3) is 22.0 Å². The summed E-state index contributed by atoms with van der Waals surface area (Å²) in [5.41, 5.74) is 6.36. The summed E-state index contributed by atoms with van der Waals surface area (Å²) in [6.45, 7) is 4.49. The topological polar surface area (TPSA) is 91.4 Å². The maximum absolute atomic E-state index is 11.9. The molecule has 7 heteroatoms. The molecule has 3 N–H and O–H groups in total. The monoisotopic (exact) mass is 548 g/mol. The number of halogens is 1. The van der Waals surface area contributed by atoms with Crippen molar-refractivity contribution in [1.29, 1.82) is 0 Å². The number of aryl methyl sites for hydroxylation is 1. The normalized spacial score (nSPS) is 12.7. The second-order valence-electron chi connectivity index (χ2n) is 9.73. The Bertz CT molecular complexity index is 1410. The number of nitrogens with one attached hydrogen (secondary N) is 2. The third-order valence-electron chi connectivity index (χ3n) is 6.40. The van der Waals surface area contributed by atoms with Crippen molar-refractivity contribution in [3.8, 4) is 16.9 Å². The lowest BCUT2D eigenvalue weighted by molar-refractivity contribution is 0.101. The summed E-state index contributed by atoms with van der Waals surface area (Å²) in [4.78, 5) is 26.0. The summed E-state index contributed by atoms with van der Waals surface area (Å²) in [7, 11) is 3.75. The molecule has 0 saturated heterocycles. The van der Waals surface area contributed by atoms with Gasteiger partial charge < -0.3 is 20.1 Å². The Morgan fingerprint density at radius 2 is 1.90 bits per heavy atom. The molecule has 4 aromatic rings. The number of aromatic nitrogens is 1. The molecule has 1 aliphatic rings. The van der Waals surface area contributed by atoms with Gasteiger partial charge in [-0.15, -0.1) is 0 Å². The number of carbonyl (C=O) groups is 2. The summed E-state index contributed by atoms with van der Waals surface area (Å²) < 4.78 is 5.67. The van der Waals surface area contributed by atoms with Gasteiger partial charge in [0.1, 0.15) is 5.75 Å². The molecule has 39 heavy (non-hydrogen) atoms. The van der Waals surface area contributed by atoms with Gasteiger partial charge in [0.25, 0.3) is 0 Å². The number of aliphatic hydroxyl groups is 1. The molecule has 6 nitrogen and oxygen atoms in total. The molecule has 0 radical (unpaired) electrons. The molecule has 3 aromatic carbocycles. The molecule has 0 fully saturated rings. The Labute approximate surface area is 235 Å². The van der Waals surface area contributed by atoms with Crippen molar-refractivity contribution < 1.29 is 19.4 Å². The molecule has 0 aliphatic carbocycles. The number of H-pyrrole nitrogens is 1. The number of Topliss-reactive ketones (excluding diaryl/α,β-unsaturated/α-hetero) is 1. The van der Waals surface area contributed by atoms with Crippen molar-refractivity contribution in [3.05, 3.63) is 88.1 Å². The molecule has 1 aromatic heterocycles. The highest BCUT2D eigenvalue weighted by Gasteiger charge is 2.19. The molecule has 206 valence electrons. The molecule has 1 aliphatic heterocycles. The largest absolute Gasteiger partial charge is 0.493 e. The first-order chi connectivity index (χ1) is 18.8. The summed E-state index contributed by atoms with van der Waals surface area (Å²) in [5.74, 6) is 1.02. The standard InChI is InChI=1S/C18H15ClO3.C12H15NO.C2H7N/c1-11(21)16-8-15(7-13-3-2-6-22-18(13)16)12-4-5-14(10-20)17(19)9-12;1-9(8-14)6-10-7-13-12-5-3-2-4-11(10)12;1-3-2/h4-5,7-10H,2-3,6H2,1H3;2-5,7,9,13-14H,6,8H2,1H3;3H,1-2H3. The van der Waals surface area contributed by atoms with Gasteiger partial charge in [0.15, 0.2) is 12.1 Å². The Kier molecular flexibility index (Phi) is 11.3. The molecule has 1 atom stereocenters. The highest BCUT2D eigenvalue weighted by Crippen LogP contribution is 2.35. The van der Waals surface area contributed by atoms with Crippen molar-refractivity contribution in [2.24, 2.45) is 5.92 Å². The van der Waals surface area contributed by atoms with Gasteiger partial charge in [0.2, 0.25) is 0 Å². The van der Waals surface area contributed by atoms with E-state index < -0.39 is 0 Å². The van der Waals surface area contributed by atoms with Crippen molar-refractivity contribution in [2.45, 2.75) is 33.1 Å². The fraction of sp³-hybridized carbons (Fsp3) is 0.312. The number of rotatable bonds is 6. The van der Waals surface area contributed by atoms with Crippen LogP contribution in [0.15, 0.2) is 60.8 Å². The second-order valence-corrected chi connectivity index (χ2v) is 10.1. The van der Waals surface area contributed by atoms with Crippen LogP contribution < -0.4 is 10.1 Å². The summed E-state index contributed by atoms with van der Waals surface area (Å²) in [6.07, 6.45) is 5.54. The average molecular weight is 549 g/mol. The number of para-hydroxylation sites is 1. The molecule has 0 bridgehead atoms. The number of hydrogen-bond donors (Lipinski definition) is 3. The first kappa shape index (κ1) is 30.1. The molecule has 0 saturated carbocycles. The van der Waals surface area contributed by atoms with Gasteiger partial charge in [0.05, 0.1) is 17.2 Å². The first-order valence-electron chi connectivity index (χ1n) is 13.1. The van der Waals surface area contributed by atoms with Crippen molar-refractivity contribution in [2.75, 3.05) is 27.3 Å². The molecule has 5 rings (SSSR count). The van der Waals surface area contributed by atoms with Gasteiger partial charge >= 0.3 is 0 Å². The van der Waals surface area contributed by atoms with Crippen LogP contribution >= 0.6 is 11.6 Å². The van der Waals surface area contributed by atoms with E-state index in [0.717, 1.165) is 42.2 Å². The van der Waals surface area contributed by atoms with Crippen LogP contribution in [0.1, 0.15) is 52.1 Å². The van der Waals surface area contributed by atoms with Crippen molar-refractivity contribution >= 4 is 34.6 Å². The number of ether oxygens (including phenoxy) is 1. The van der Waals surface area contributed by atoms with Crippen LogP contribution in [-0.4, -0.2) is 49.5 Å². The fourth-order valence-electron chi connectivity index (χ4n) is 4.45. The lowest BCUT2D eigenvalue weighted by atomic mass is 9.93. The highest BCUT2D eigenvalue weighted by molar-refractivity contribution is 6.33. The van der Waals surface area contributed by atoms with Gasteiger partial charge in [-0.2, -0.15) is 0 Å². The third kappa shape index (κ3) is 7.79. The van der Waals surface area contributed by atoms with Crippen LogP contribution in [0, 0.1) is 5.92 Å². The number of hydrogen-bond acceptors (Lipinski definition) is 5. The summed E-state index contributed by atoms with van der Waals surface area (Å²) in [6, 6.07) is 17.4. The van der Waals surface area contributed by atoms with E-state index in [0.29, 0.717) is 34.4 Å². The lowest BCUT2D eigenvalue weighted by Gasteiger charge is -2.21. The van der Waals surface area contributed by atoms with Gasteiger partial charge in [-0.3, -0.25) is 9.59 Å². The Balaban J connectivity index is 0.000000212. The van der Waals surface area contributed by atoms with E-state index in [-0.39, 0.29) is 12.4 Å². The van der Waals surface area contributed by atoms with Gasteiger partial charge in [-0.1, -0.05) is 42.8 Å². The van der Waals surface area contributed by atoms with E-state index in [4.69, 9.17) is 21.4 Å². The number of aromatic amines is 1. The number of aliphatic hydroxyl groups excluding tert-OH is 1. The number of carbonyl (C=O) groups excluding carboxylic acids is 2. The van der Waals surface area contributed by atoms with Crippen LogP contribution in [0.5, 0.6) is 5.75 Å². The zero-order chi connectivity index (χ0) is 28.4. The molecule has 0 amide bonds. The fourth-order valence-corrected chi connectivity index (χ4v) is 4.68. The second kappa shape index (κ2) is 14.6. The molecular weight excluding hydrogens is 512 g/mol. The SMILES string of the molecule is CC(=O)c1cc(-c2ccc(C=O)c(Cl)c2)cc2c1OCCC2.CC(CO)Cc1c[nH]c2ccccc12.CNC. The zero-order valence-electron chi connectivity index (χ0n) is 23.0. The summed E-state index contributed by atoms with van der Waals surface area (Å²) in [5, 5.41) is 13.4. The predicted molar refractivity (Wildman–Crippen MR) is 159 cm³/mol. The van der Waals surface area contributed by atoms with Gasteiger partial charge in [0, 0.05) is 29.3 Å². The Morgan fingerprint density at radius 1 is 1.15 bits per heavy atom. The number of benzene rings is 3. The Morgan fingerprint density at radius 3 is 2.56 bits per heavy atom. The smallest absolute Gasteiger partial charge is 0.163 e. The predicted octanol–water partition coefficient (Wildman–Crippen LogP) is 6.52. The minimum absolute atomic E-state index is 0.0180. The molecule has 0 spiro atoms. The quantitative estimate of drug-likeness (QED) is 0.188. The maximum atomic E-state index is 11.9. The first-order valence-corrected chi connectivity index (χ1v) is 13.5. The summed E-state index contributed by atoms with van der Waals surface area (Å²) >= 11 is 6.10. The highest BCUT2D eigenvalue weighted by atomic mass is 35.5. The molecule has 2 heterocycles. The third-order valence-corrected chi connectivity index (χ3v) is 6.73. The van der Waals surface area contributed by atoms with Crippen LogP contribution in [-0.2, 0) is 12.8 Å². The zero-order valence-corrected chi connectivity index (χ0v) is 23.8. The molecular formula is C32H37ClN2O4. The number of aldehydes is 1. The van der Waals surface area contributed by atoms with Crippen molar-refractivity contribution in [3.63, 3.8) is 0 Å². The van der Waals surface area contributed by atoms with E-state index in [1.54, 1.807) is 19.1 Å². The van der Waals surface area contributed by atoms with E-state index >= 15 is 0 Å². The van der Waals surface area contributed by atoms with Crippen LogP contribution in [0.2, 0.25) is 5.02 Å². The van der Waals surface area contributed by atoms with E-state index in [9.17, 15) is 9.59 Å². The van der Waals surface area contributed by atoms with Gasteiger partial charge in [-0.05, 0) is 98.8 Å². The maximum Gasteiger partial charge on any atom is 0.163 e. The number of ketones is 1. The van der Waals surface area contributed by atoms with Crippen LogP contribution in [0.3, 0.4) is 0 Å². The Hall–Kier alpha value is -3.45. The minimum Gasteiger partial charge on any atom is -0.493 e. The van der Waals surface area contributed by atoms with E-state index in [2.05, 4.69) is 29.4 Å². The minimum atomic E-state index is -0.0180. The number of fused-ring (bicyclic) bond motifs is 2. The van der Waals surface area contributed by atoms with Crippen molar-refractivity contribution in [1.82, 2.24) is 10.3 Å². The van der Waals surface area contributed by atoms with E-state index in [1.807, 2.05) is 50.6 Å². The van der Waals surface area contributed by atoms with E-state index in [1.165, 1.54) is 16.5 Å². The van der Waals surface area contributed by atoms with Gasteiger partial charge in [-0.25, -0.2) is 0 Å². The lowest BCUT2D eigenvalue weighted by Crippen LogP contribution is -2.12. The average Bonchev–Trinajstić information content (AvgIpc) is 3.35.